The lowest BCUT2D eigenvalue weighted by Crippen LogP contribution is -2.41. The normalized spacial score (nSPS) is 12.0. The Morgan fingerprint density at radius 3 is 1.91 bits per heavy atom. The highest BCUT2D eigenvalue weighted by atomic mass is 32.2. The van der Waals surface area contributed by atoms with Crippen LogP contribution in [0.1, 0.15) is 24.1 Å². The Balaban J connectivity index is 1.86. The Morgan fingerprint density at radius 1 is 0.879 bits per heavy atom. The van der Waals surface area contributed by atoms with Gasteiger partial charge in [-0.25, -0.2) is 8.42 Å². The van der Waals surface area contributed by atoms with Crippen LogP contribution in [0.4, 0.5) is 5.69 Å². The van der Waals surface area contributed by atoms with Crippen molar-refractivity contribution in [2.75, 3.05) is 25.1 Å². The molecule has 174 valence electrons. The number of carbonyl (C=O) groups excluding carboxylic acids is 1. The van der Waals surface area contributed by atoms with Crippen molar-refractivity contribution in [3.05, 3.63) is 83.9 Å². The number of ether oxygens (including phenoxy) is 2. The number of methoxy groups -OCH3 is 2. The van der Waals surface area contributed by atoms with Crippen LogP contribution >= 0.6 is 0 Å². The first kappa shape index (κ1) is 24.1. The van der Waals surface area contributed by atoms with Crippen molar-refractivity contribution in [1.82, 2.24) is 5.32 Å². The maximum Gasteiger partial charge on any atom is 0.264 e. The Morgan fingerprint density at radius 2 is 1.39 bits per heavy atom. The van der Waals surface area contributed by atoms with Gasteiger partial charge < -0.3 is 14.8 Å². The molecule has 0 unspecified atom stereocenters. The fourth-order valence-corrected chi connectivity index (χ4v) is 4.72. The fourth-order valence-electron chi connectivity index (χ4n) is 3.29. The number of carbonyl (C=O) groups is 1. The van der Waals surface area contributed by atoms with Gasteiger partial charge in [0.2, 0.25) is 5.91 Å². The highest BCUT2D eigenvalue weighted by Crippen LogP contribution is 2.26. The number of rotatable bonds is 9. The molecular weight excluding hydrogens is 440 g/mol. The average Bonchev–Trinajstić information content (AvgIpc) is 2.83. The van der Waals surface area contributed by atoms with Crippen molar-refractivity contribution in [3.8, 4) is 11.5 Å². The van der Waals surface area contributed by atoms with Crippen LogP contribution in [0.25, 0.3) is 0 Å². The van der Waals surface area contributed by atoms with Crippen LogP contribution < -0.4 is 19.1 Å². The van der Waals surface area contributed by atoms with Crippen LogP contribution in [0.3, 0.4) is 0 Å². The summed E-state index contributed by atoms with van der Waals surface area (Å²) in [6.07, 6.45) is 0. The van der Waals surface area contributed by atoms with Gasteiger partial charge in [0.1, 0.15) is 18.0 Å². The van der Waals surface area contributed by atoms with E-state index in [0.717, 1.165) is 15.4 Å². The molecule has 1 atom stereocenters. The van der Waals surface area contributed by atoms with E-state index >= 15 is 0 Å². The molecule has 7 nitrogen and oxygen atoms in total. The lowest BCUT2D eigenvalue weighted by atomic mass is 10.1. The molecule has 0 aromatic heterocycles. The summed E-state index contributed by atoms with van der Waals surface area (Å²) in [6, 6.07) is 20.1. The van der Waals surface area contributed by atoms with E-state index in [0.29, 0.717) is 17.2 Å². The first-order valence-electron chi connectivity index (χ1n) is 10.4. The van der Waals surface area contributed by atoms with Gasteiger partial charge in [-0.3, -0.25) is 9.10 Å². The topological polar surface area (TPSA) is 84.9 Å². The summed E-state index contributed by atoms with van der Waals surface area (Å²) >= 11 is 0. The van der Waals surface area contributed by atoms with Gasteiger partial charge in [0.25, 0.3) is 10.0 Å². The fraction of sp³-hybridized carbons (Fsp3) is 0.240. The maximum absolute atomic E-state index is 13.5. The van der Waals surface area contributed by atoms with Crippen LogP contribution in [0, 0.1) is 6.92 Å². The first-order valence-corrected chi connectivity index (χ1v) is 11.9. The lowest BCUT2D eigenvalue weighted by molar-refractivity contribution is -0.120. The summed E-state index contributed by atoms with van der Waals surface area (Å²) in [5, 5.41) is 2.88. The predicted octanol–water partition coefficient (Wildman–Crippen LogP) is 4.08. The van der Waals surface area contributed by atoms with E-state index in [1.165, 1.54) is 19.2 Å². The number of sulfonamides is 1. The zero-order chi connectivity index (χ0) is 24.0. The Bertz CT molecular complexity index is 1170. The summed E-state index contributed by atoms with van der Waals surface area (Å²) in [7, 11) is -0.899. The number of aryl methyl sites for hydroxylation is 1. The third kappa shape index (κ3) is 5.84. The maximum atomic E-state index is 13.5. The second-order valence-corrected chi connectivity index (χ2v) is 9.45. The molecule has 3 rings (SSSR count). The molecule has 0 fully saturated rings. The number of nitrogens with zero attached hydrogens (tertiary/aromatic N) is 1. The van der Waals surface area contributed by atoms with Crippen LogP contribution in [-0.2, 0) is 14.8 Å². The van der Waals surface area contributed by atoms with Gasteiger partial charge in [-0.2, -0.15) is 0 Å². The smallest absolute Gasteiger partial charge is 0.264 e. The SMILES string of the molecule is COc1ccc([C@@H](C)NC(=O)CN(c2ccc(C)cc2)S(=O)(=O)c2ccc(OC)cc2)cc1. The molecular formula is C25H28N2O5S. The van der Waals surface area contributed by atoms with E-state index < -0.39 is 15.9 Å². The number of nitrogens with one attached hydrogen (secondary N) is 1. The third-order valence-electron chi connectivity index (χ3n) is 5.25. The summed E-state index contributed by atoms with van der Waals surface area (Å²) in [5.74, 6) is 0.839. The van der Waals surface area contributed by atoms with Crippen molar-refractivity contribution < 1.29 is 22.7 Å². The summed E-state index contributed by atoms with van der Waals surface area (Å²) in [6.45, 7) is 3.39. The molecule has 0 aliphatic heterocycles. The van der Waals surface area contributed by atoms with E-state index in [1.807, 2.05) is 50.2 Å². The van der Waals surface area contributed by atoms with E-state index in [4.69, 9.17) is 9.47 Å². The van der Waals surface area contributed by atoms with E-state index in [1.54, 1.807) is 31.4 Å². The molecule has 0 radical (unpaired) electrons. The van der Waals surface area contributed by atoms with Gasteiger partial charge >= 0.3 is 0 Å². The Kier molecular flexibility index (Phi) is 7.60. The second-order valence-electron chi connectivity index (χ2n) is 7.59. The number of hydrogen-bond donors (Lipinski definition) is 1. The summed E-state index contributed by atoms with van der Waals surface area (Å²) < 4.78 is 38.3. The second kappa shape index (κ2) is 10.4. The molecule has 33 heavy (non-hydrogen) atoms. The minimum absolute atomic E-state index is 0.0693. The van der Waals surface area contributed by atoms with E-state index in [9.17, 15) is 13.2 Å². The van der Waals surface area contributed by atoms with Gasteiger partial charge in [0, 0.05) is 0 Å². The number of hydrogen-bond acceptors (Lipinski definition) is 5. The predicted molar refractivity (Wildman–Crippen MR) is 128 cm³/mol. The van der Waals surface area contributed by atoms with Crippen LogP contribution in [0.2, 0.25) is 0 Å². The van der Waals surface area contributed by atoms with E-state index in [-0.39, 0.29) is 17.5 Å². The van der Waals surface area contributed by atoms with Gasteiger partial charge in [-0.15, -0.1) is 0 Å². The molecule has 0 saturated heterocycles. The summed E-state index contributed by atoms with van der Waals surface area (Å²) in [5.41, 5.74) is 2.27. The zero-order valence-corrected chi connectivity index (χ0v) is 19.9. The van der Waals surface area contributed by atoms with Crippen LogP contribution in [0.5, 0.6) is 11.5 Å². The van der Waals surface area contributed by atoms with Gasteiger partial charge in [-0.1, -0.05) is 29.8 Å². The molecule has 1 amide bonds. The van der Waals surface area contributed by atoms with Crippen LogP contribution in [0.15, 0.2) is 77.7 Å². The molecule has 0 heterocycles. The average molecular weight is 469 g/mol. The summed E-state index contributed by atoms with van der Waals surface area (Å²) in [4.78, 5) is 13.0. The molecule has 1 N–H and O–H groups in total. The van der Waals surface area contributed by atoms with Crippen molar-refractivity contribution in [3.63, 3.8) is 0 Å². The zero-order valence-electron chi connectivity index (χ0n) is 19.1. The molecule has 0 saturated carbocycles. The number of benzene rings is 3. The molecule has 8 heteroatoms. The van der Waals surface area contributed by atoms with Crippen molar-refractivity contribution in [1.29, 1.82) is 0 Å². The minimum atomic E-state index is -4.00. The largest absolute Gasteiger partial charge is 0.497 e. The standard InChI is InChI=1S/C25H28N2O5S/c1-18-5-9-21(10-6-18)27(33(29,30)24-15-13-23(32-4)14-16-24)17-25(28)26-19(2)20-7-11-22(31-3)12-8-20/h5-16,19H,17H2,1-4H3,(H,26,28)/t19-/m1/s1. The molecule has 3 aromatic rings. The van der Waals surface area contributed by atoms with Crippen molar-refractivity contribution >= 4 is 21.6 Å². The highest BCUT2D eigenvalue weighted by molar-refractivity contribution is 7.92. The lowest BCUT2D eigenvalue weighted by Gasteiger charge is -2.25. The molecule has 0 bridgehead atoms. The molecule has 0 aliphatic carbocycles. The van der Waals surface area contributed by atoms with Gasteiger partial charge in [-0.05, 0) is 67.9 Å². The van der Waals surface area contributed by atoms with Crippen molar-refractivity contribution in [2.45, 2.75) is 24.8 Å². The molecule has 0 spiro atoms. The monoisotopic (exact) mass is 468 g/mol. The molecule has 3 aromatic carbocycles. The highest BCUT2D eigenvalue weighted by Gasteiger charge is 2.27. The molecule has 0 aliphatic rings. The third-order valence-corrected chi connectivity index (χ3v) is 7.04. The quantitative estimate of drug-likeness (QED) is 0.511. The minimum Gasteiger partial charge on any atom is -0.497 e. The number of anilines is 1. The Labute approximate surface area is 195 Å². The van der Waals surface area contributed by atoms with Crippen LogP contribution in [-0.4, -0.2) is 35.1 Å². The van der Waals surface area contributed by atoms with E-state index in [2.05, 4.69) is 5.32 Å². The first-order chi connectivity index (χ1) is 15.7. The van der Waals surface area contributed by atoms with Gasteiger partial charge in [0.05, 0.1) is 30.8 Å². The van der Waals surface area contributed by atoms with Gasteiger partial charge in [0.15, 0.2) is 0 Å². The van der Waals surface area contributed by atoms with Crippen molar-refractivity contribution in [2.24, 2.45) is 0 Å². The Hall–Kier alpha value is -3.52. The number of amides is 1.